The smallest absolute Gasteiger partial charge is 0.325 e. The molecule has 7 nitrogen and oxygen atoms in total. The number of imide groups is 1. The van der Waals surface area contributed by atoms with Crippen molar-refractivity contribution in [2.75, 3.05) is 13.3 Å². The summed E-state index contributed by atoms with van der Waals surface area (Å²) >= 11 is 0. The van der Waals surface area contributed by atoms with Crippen molar-refractivity contribution in [1.82, 2.24) is 10.2 Å². The summed E-state index contributed by atoms with van der Waals surface area (Å²) in [7, 11) is 0. The van der Waals surface area contributed by atoms with Crippen molar-refractivity contribution >= 4 is 17.7 Å². The van der Waals surface area contributed by atoms with E-state index >= 15 is 0 Å². The van der Waals surface area contributed by atoms with Crippen LogP contribution in [0.25, 0.3) is 0 Å². The molecular weight excluding hydrogens is 374 g/mol. The molecule has 144 valence electrons. The second-order valence-corrected chi connectivity index (χ2v) is 6.56. The predicted molar refractivity (Wildman–Crippen MR) is 90.9 cm³/mol. The Morgan fingerprint density at radius 3 is 2.68 bits per heavy atom. The van der Waals surface area contributed by atoms with Crippen LogP contribution >= 0.6 is 0 Å². The quantitative estimate of drug-likeness (QED) is 0.642. The van der Waals surface area contributed by atoms with Crippen LogP contribution in [0.5, 0.6) is 11.5 Å². The van der Waals surface area contributed by atoms with E-state index in [1.165, 1.54) is 19.1 Å². The van der Waals surface area contributed by atoms with Gasteiger partial charge in [0.2, 0.25) is 6.79 Å². The summed E-state index contributed by atoms with van der Waals surface area (Å²) in [5, 5.41) is 2.35. The van der Waals surface area contributed by atoms with Crippen molar-refractivity contribution in [3.8, 4) is 11.5 Å². The number of halogens is 2. The maximum atomic E-state index is 14.2. The number of urea groups is 1. The number of ether oxygens (including phenoxy) is 2. The fourth-order valence-electron chi connectivity index (χ4n) is 3.21. The van der Waals surface area contributed by atoms with Crippen LogP contribution < -0.4 is 14.8 Å². The summed E-state index contributed by atoms with van der Waals surface area (Å²) in [6.45, 7) is 0.741. The van der Waals surface area contributed by atoms with Crippen LogP contribution in [0.1, 0.15) is 22.8 Å². The molecule has 2 heterocycles. The lowest BCUT2D eigenvalue weighted by molar-refractivity contribution is -0.130. The molecule has 3 amide bonds. The number of fused-ring (bicyclic) bond motifs is 1. The van der Waals surface area contributed by atoms with E-state index in [2.05, 4.69) is 5.32 Å². The molecule has 2 aromatic rings. The molecule has 0 radical (unpaired) electrons. The zero-order chi connectivity index (χ0) is 20.1. The van der Waals surface area contributed by atoms with Gasteiger partial charge in [0.05, 0.1) is 6.54 Å². The normalized spacial score (nSPS) is 20.5. The molecule has 2 aromatic carbocycles. The average molecular weight is 388 g/mol. The lowest BCUT2D eigenvalue weighted by Gasteiger charge is -2.22. The largest absolute Gasteiger partial charge is 0.454 e. The molecule has 0 aromatic heterocycles. The summed E-state index contributed by atoms with van der Waals surface area (Å²) in [6, 6.07) is 6.24. The summed E-state index contributed by atoms with van der Waals surface area (Å²) in [5.41, 5.74) is -1.92. The second-order valence-electron chi connectivity index (χ2n) is 6.56. The minimum atomic E-state index is -1.82. The molecule has 2 aliphatic rings. The minimum Gasteiger partial charge on any atom is -0.454 e. The number of nitrogens with one attached hydrogen (secondary N) is 1. The summed E-state index contributed by atoms with van der Waals surface area (Å²) < 4.78 is 38.1. The number of hydrogen-bond donors (Lipinski definition) is 1. The standard InChI is InChI=1S/C19H14F2N2O5/c1-19(12-7-11(20)3-4-13(12)21)17(25)23(18(26)22-19)8-14(24)10-2-5-15-16(6-10)28-9-27-15/h2-7H,8-9H2,1H3,(H,22,26). The van der Waals surface area contributed by atoms with E-state index in [9.17, 15) is 23.2 Å². The Labute approximate surface area is 157 Å². The number of ketones is 1. The number of carbonyl (C=O) groups excluding carboxylic acids is 3. The van der Waals surface area contributed by atoms with E-state index in [0.717, 1.165) is 18.2 Å². The van der Waals surface area contributed by atoms with Gasteiger partial charge in [0.15, 0.2) is 17.3 Å². The van der Waals surface area contributed by atoms with Crippen molar-refractivity contribution in [3.63, 3.8) is 0 Å². The van der Waals surface area contributed by atoms with E-state index in [0.29, 0.717) is 16.4 Å². The van der Waals surface area contributed by atoms with Gasteiger partial charge in [-0.2, -0.15) is 0 Å². The summed E-state index contributed by atoms with van der Waals surface area (Å²) in [5.74, 6) is -2.10. The first-order valence-electron chi connectivity index (χ1n) is 8.32. The third-order valence-corrected chi connectivity index (χ3v) is 4.74. The second kappa shape index (κ2) is 6.29. The molecule has 0 aliphatic carbocycles. The predicted octanol–water partition coefficient (Wildman–Crippen LogP) is 2.34. The number of hydrogen-bond acceptors (Lipinski definition) is 5. The molecule has 28 heavy (non-hydrogen) atoms. The molecule has 4 rings (SSSR count). The van der Waals surface area contributed by atoms with Crippen LogP contribution in [-0.2, 0) is 10.3 Å². The van der Waals surface area contributed by atoms with Crippen molar-refractivity contribution < 1.29 is 32.6 Å². The molecule has 1 unspecified atom stereocenters. The van der Waals surface area contributed by atoms with Gasteiger partial charge in [0, 0.05) is 11.1 Å². The van der Waals surface area contributed by atoms with Crippen LogP contribution in [0.3, 0.4) is 0 Å². The first-order valence-corrected chi connectivity index (χ1v) is 8.32. The van der Waals surface area contributed by atoms with Gasteiger partial charge in [-0.25, -0.2) is 13.6 Å². The van der Waals surface area contributed by atoms with Crippen molar-refractivity contribution in [1.29, 1.82) is 0 Å². The van der Waals surface area contributed by atoms with Gasteiger partial charge >= 0.3 is 6.03 Å². The molecular formula is C19H14F2N2O5. The molecule has 1 atom stereocenters. The molecule has 9 heteroatoms. The van der Waals surface area contributed by atoms with Crippen LogP contribution in [0.2, 0.25) is 0 Å². The van der Waals surface area contributed by atoms with E-state index < -0.39 is 41.4 Å². The van der Waals surface area contributed by atoms with Crippen molar-refractivity contribution in [2.45, 2.75) is 12.5 Å². The fraction of sp³-hybridized carbons (Fsp3) is 0.211. The van der Waals surface area contributed by atoms with Gasteiger partial charge < -0.3 is 14.8 Å². The van der Waals surface area contributed by atoms with Gasteiger partial charge in [-0.3, -0.25) is 14.5 Å². The van der Waals surface area contributed by atoms with Crippen LogP contribution in [0, 0.1) is 11.6 Å². The molecule has 0 spiro atoms. The highest BCUT2D eigenvalue weighted by Gasteiger charge is 2.50. The van der Waals surface area contributed by atoms with Gasteiger partial charge in [-0.15, -0.1) is 0 Å². The third kappa shape index (κ3) is 2.75. The maximum Gasteiger partial charge on any atom is 0.325 e. The first kappa shape index (κ1) is 17.9. The Morgan fingerprint density at radius 2 is 1.89 bits per heavy atom. The first-order chi connectivity index (χ1) is 13.3. The maximum absolute atomic E-state index is 14.2. The lowest BCUT2D eigenvalue weighted by Crippen LogP contribution is -2.42. The average Bonchev–Trinajstić information content (AvgIpc) is 3.22. The number of amides is 3. The zero-order valence-electron chi connectivity index (χ0n) is 14.6. The highest BCUT2D eigenvalue weighted by molar-refractivity contribution is 6.11. The fourth-order valence-corrected chi connectivity index (χ4v) is 3.21. The number of rotatable bonds is 4. The Bertz CT molecular complexity index is 1030. The Hall–Kier alpha value is -3.49. The Balaban J connectivity index is 1.59. The highest BCUT2D eigenvalue weighted by Crippen LogP contribution is 2.34. The Morgan fingerprint density at radius 1 is 1.14 bits per heavy atom. The van der Waals surface area contributed by atoms with E-state index in [1.807, 2.05) is 0 Å². The van der Waals surface area contributed by atoms with Crippen molar-refractivity contribution in [2.24, 2.45) is 0 Å². The number of Topliss-reactive ketones (excluding diaryl/α,β-unsaturated/α-hetero) is 1. The third-order valence-electron chi connectivity index (χ3n) is 4.74. The SMILES string of the molecule is CC1(c2cc(F)ccc2F)NC(=O)N(CC(=O)c2ccc3c(c2)OCO3)C1=O. The number of carbonyl (C=O) groups is 3. The molecule has 1 fully saturated rings. The molecule has 1 saturated heterocycles. The van der Waals surface area contributed by atoms with Crippen molar-refractivity contribution in [3.05, 3.63) is 59.2 Å². The monoisotopic (exact) mass is 388 g/mol. The van der Waals surface area contributed by atoms with Gasteiger partial charge in [-0.05, 0) is 43.3 Å². The van der Waals surface area contributed by atoms with Crippen LogP contribution in [-0.4, -0.2) is 36.0 Å². The topological polar surface area (TPSA) is 84.9 Å². The lowest BCUT2D eigenvalue weighted by atomic mass is 9.91. The zero-order valence-corrected chi connectivity index (χ0v) is 14.6. The Kier molecular flexibility index (Phi) is 4.02. The summed E-state index contributed by atoms with van der Waals surface area (Å²) in [6.07, 6.45) is 0. The van der Waals surface area contributed by atoms with Gasteiger partial charge in [0.25, 0.3) is 5.91 Å². The molecule has 0 bridgehead atoms. The number of nitrogens with zero attached hydrogens (tertiary/aromatic N) is 1. The van der Waals surface area contributed by atoms with E-state index in [1.54, 1.807) is 6.07 Å². The van der Waals surface area contributed by atoms with Gasteiger partial charge in [-0.1, -0.05) is 0 Å². The van der Waals surface area contributed by atoms with E-state index in [-0.39, 0.29) is 17.9 Å². The van der Waals surface area contributed by atoms with Crippen LogP contribution in [0.4, 0.5) is 13.6 Å². The van der Waals surface area contributed by atoms with E-state index in [4.69, 9.17) is 9.47 Å². The van der Waals surface area contributed by atoms with Gasteiger partial charge in [0.1, 0.15) is 17.2 Å². The van der Waals surface area contributed by atoms with Crippen LogP contribution in [0.15, 0.2) is 36.4 Å². The number of benzene rings is 2. The highest BCUT2D eigenvalue weighted by atomic mass is 19.1. The molecule has 1 N–H and O–H groups in total. The molecule has 0 saturated carbocycles. The minimum absolute atomic E-state index is 0.0392. The molecule has 2 aliphatic heterocycles. The summed E-state index contributed by atoms with van der Waals surface area (Å²) in [4.78, 5) is 38.4.